The van der Waals surface area contributed by atoms with Crippen LogP contribution in [0.3, 0.4) is 0 Å². The largest absolute Gasteiger partial charge is 0.271 e. The zero-order valence-corrected chi connectivity index (χ0v) is 12.1. The Morgan fingerprint density at radius 1 is 1.15 bits per heavy atom. The van der Waals surface area contributed by atoms with Gasteiger partial charge in [0.15, 0.2) is 0 Å². The molecule has 0 aromatic heterocycles. The van der Waals surface area contributed by atoms with Crippen LogP contribution in [0.15, 0.2) is 42.5 Å². The number of hydrazine groups is 1. The summed E-state index contributed by atoms with van der Waals surface area (Å²) in [6.07, 6.45) is 1.61. The van der Waals surface area contributed by atoms with Crippen molar-refractivity contribution in [2.45, 2.75) is 25.8 Å². The smallest absolute Gasteiger partial charge is 0.146 e. The molecule has 4 heteroatoms. The van der Waals surface area contributed by atoms with Gasteiger partial charge >= 0.3 is 0 Å². The van der Waals surface area contributed by atoms with E-state index in [4.69, 9.17) is 17.4 Å². The van der Waals surface area contributed by atoms with E-state index in [9.17, 15) is 4.39 Å². The number of benzene rings is 2. The van der Waals surface area contributed by atoms with Crippen LogP contribution >= 0.6 is 11.6 Å². The molecule has 2 aromatic carbocycles. The lowest BCUT2D eigenvalue weighted by atomic mass is 9.98. The van der Waals surface area contributed by atoms with Crippen molar-refractivity contribution >= 4 is 11.6 Å². The average Bonchev–Trinajstić information content (AvgIpc) is 2.48. The lowest BCUT2D eigenvalue weighted by Crippen LogP contribution is -2.30. The highest BCUT2D eigenvalue weighted by atomic mass is 35.5. The highest BCUT2D eigenvalue weighted by Crippen LogP contribution is 2.25. The zero-order valence-electron chi connectivity index (χ0n) is 11.4. The van der Waals surface area contributed by atoms with Crippen LogP contribution in [0.4, 0.5) is 4.39 Å². The Kier molecular flexibility index (Phi) is 5.12. The van der Waals surface area contributed by atoms with Crippen LogP contribution in [0.25, 0.3) is 0 Å². The predicted molar refractivity (Wildman–Crippen MR) is 81.0 cm³/mol. The Bertz CT molecular complexity index is 569. The van der Waals surface area contributed by atoms with Crippen molar-refractivity contribution in [3.63, 3.8) is 0 Å². The van der Waals surface area contributed by atoms with Crippen LogP contribution in [0.5, 0.6) is 0 Å². The number of rotatable bonds is 5. The molecule has 2 aromatic rings. The minimum absolute atomic E-state index is 0.115. The van der Waals surface area contributed by atoms with Crippen molar-refractivity contribution in [1.29, 1.82) is 0 Å². The van der Waals surface area contributed by atoms with Crippen LogP contribution in [-0.2, 0) is 12.8 Å². The van der Waals surface area contributed by atoms with Crippen LogP contribution in [0.1, 0.15) is 29.7 Å². The van der Waals surface area contributed by atoms with E-state index < -0.39 is 5.82 Å². The monoisotopic (exact) mass is 292 g/mol. The van der Waals surface area contributed by atoms with E-state index in [-0.39, 0.29) is 11.1 Å². The Morgan fingerprint density at radius 3 is 2.40 bits per heavy atom. The van der Waals surface area contributed by atoms with Crippen molar-refractivity contribution < 1.29 is 4.39 Å². The third kappa shape index (κ3) is 3.37. The van der Waals surface area contributed by atoms with Gasteiger partial charge in [0.05, 0.1) is 11.1 Å². The molecule has 0 amide bonds. The molecular formula is C16H18ClFN2. The van der Waals surface area contributed by atoms with E-state index in [2.05, 4.69) is 24.5 Å². The van der Waals surface area contributed by atoms with Crippen molar-refractivity contribution in [1.82, 2.24) is 5.43 Å². The summed E-state index contributed by atoms with van der Waals surface area (Å²) in [4.78, 5) is 0. The first-order chi connectivity index (χ1) is 9.65. The van der Waals surface area contributed by atoms with Crippen molar-refractivity contribution in [3.8, 4) is 0 Å². The van der Waals surface area contributed by atoms with Gasteiger partial charge < -0.3 is 0 Å². The molecule has 106 valence electrons. The lowest BCUT2D eigenvalue weighted by molar-refractivity contribution is 0.511. The molecule has 3 N–H and O–H groups in total. The molecule has 0 aliphatic heterocycles. The van der Waals surface area contributed by atoms with Crippen LogP contribution in [0.2, 0.25) is 5.02 Å². The molecule has 20 heavy (non-hydrogen) atoms. The van der Waals surface area contributed by atoms with Crippen LogP contribution < -0.4 is 11.3 Å². The minimum Gasteiger partial charge on any atom is -0.271 e. The molecule has 2 rings (SSSR count). The first-order valence-corrected chi connectivity index (χ1v) is 7.01. The number of hydrogen-bond acceptors (Lipinski definition) is 2. The molecular weight excluding hydrogens is 275 g/mol. The van der Waals surface area contributed by atoms with Gasteiger partial charge in [-0.15, -0.1) is 0 Å². The number of nitrogens with one attached hydrogen (secondary N) is 1. The van der Waals surface area contributed by atoms with Crippen molar-refractivity contribution in [3.05, 3.63) is 70.0 Å². The maximum atomic E-state index is 14.0. The summed E-state index contributed by atoms with van der Waals surface area (Å²) >= 11 is 5.81. The molecule has 1 atom stereocenters. The molecule has 0 spiro atoms. The van der Waals surface area contributed by atoms with E-state index in [1.165, 1.54) is 11.6 Å². The summed E-state index contributed by atoms with van der Waals surface area (Å²) in [6.45, 7) is 2.11. The van der Waals surface area contributed by atoms with Gasteiger partial charge in [-0.1, -0.05) is 54.9 Å². The van der Waals surface area contributed by atoms with E-state index in [1.807, 2.05) is 12.1 Å². The SMILES string of the molecule is CCc1ccc(CC(NN)c2cccc(Cl)c2F)cc1. The normalized spacial score (nSPS) is 12.4. The van der Waals surface area contributed by atoms with Gasteiger partial charge in [-0.05, 0) is 30.0 Å². The van der Waals surface area contributed by atoms with Gasteiger partial charge in [-0.2, -0.15) is 0 Å². The van der Waals surface area contributed by atoms with Gasteiger partial charge in [0.1, 0.15) is 5.82 Å². The van der Waals surface area contributed by atoms with Gasteiger partial charge in [0.25, 0.3) is 0 Å². The maximum absolute atomic E-state index is 14.0. The molecule has 1 unspecified atom stereocenters. The second kappa shape index (κ2) is 6.84. The summed E-state index contributed by atoms with van der Waals surface area (Å²) in [5.41, 5.74) is 5.53. The first kappa shape index (κ1) is 15.0. The molecule has 0 aliphatic carbocycles. The standard InChI is InChI=1S/C16H18ClFN2/c1-2-11-6-8-12(9-7-11)10-15(20-19)13-4-3-5-14(17)16(13)18/h3-9,15,20H,2,10,19H2,1H3. The lowest BCUT2D eigenvalue weighted by Gasteiger charge is -2.18. The second-order valence-corrected chi connectivity index (χ2v) is 5.14. The summed E-state index contributed by atoms with van der Waals surface area (Å²) in [7, 11) is 0. The van der Waals surface area contributed by atoms with Gasteiger partial charge in [0.2, 0.25) is 0 Å². The zero-order chi connectivity index (χ0) is 14.5. The van der Waals surface area contributed by atoms with Gasteiger partial charge in [0, 0.05) is 5.56 Å². The summed E-state index contributed by atoms with van der Waals surface area (Å²) in [5.74, 6) is 5.15. The minimum atomic E-state index is -0.415. The Labute approximate surface area is 123 Å². The van der Waals surface area contributed by atoms with E-state index in [0.717, 1.165) is 12.0 Å². The Morgan fingerprint density at radius 2 is 1.80 bits per heavy atom. The number of hydrogen-bond donors (Lipinski definition) is 2. The molecule has 0 saturated carbocycles. The second-order valence-electron chi connectivity index (χ2n) is 4.74. The van der Waals surface area contributed by atoms with Crippen LogP contribution in [0, 0.1) is 5.82 Å². The third-order valence-corrected chi connectivity index (χ3v) is 3.72. The molecule has 0 bridgehead atoms. The van der Waals surface area contributed by atoms with E-state index in [1.54, 1.807) is 12.1 Å². The third-order valence-electron chi connectivity index (χ3n) is 3.43. The molecule has 2 nitrogen and oxygen atoms in total. The molecule has 0 fully saturated rings. The fourth-order valence-electron chi connectivity index (χ4n) is 2.20. The number of halogens is 2. The maximum Gasteiger partial charge on any atom is 0.146 e. The van der Waals surface area contributed by atoms with E-state index in [0.29, 0.717) is 12.0 Å². The van der Waals surface area contributed by atoms with Gasteiger partial charge in [-0.25, -0.2) is 4.39 Å². The molecule has 0 aliphatic rings. The highest BCUT2D eigenvalue weighted by molar-refractivity contribution is 6.30. The summed E-state index contributed by atoms with van der Waals surface area (Å²) < 4.78 is 14.0. The quantitative estimate of drug-likeness (QED) is 0.650. The van der Waals surface area contributed by atoms with Crippen LogP contribution in [-0.4, -0.2) is 0 Å². The Balaban J connectivity index is 2.21. The fourth-order valence-corrected chi connectivity index (χ4v) is 2.38. The number of nitrogens with two attached hydrogens (primary N) is 1. The Hall–Kier alpha value is -1.42. The molecule has 0 heterocycles. The fraction of sp³-hybridized carbons (Fsp3) is 0.250. The summed E-state index contributed by atoms with van der Waals surface area (Å²) in [5, 5.41) is 0.115. The molecule has 0 radical (unpaired) electrons. The molecule has 0 saturated heterocycles. The van der Waals surface area contributed by atoms with E-state index >= 15 is 0 Å². The predicted octanol–water partition coefficient (Wildman–Crippen LogP) is 3.79. The van der Waals surface area contributed by atoms with Crippen molar-refractivity contribution in [2.75, 3.05) is 0 Å². The number of aryl methyl sites for hydroxylation is 1. The summed E-state index contributed by atoms with van der Waals surface area (Å²) in [6, 6.07) is 12.9. The highest BCUT2D eigenvalue weighted by Gasteiger charge is 2.16. The topological polar surface area (TPSA) is 38.0 Å². The first-order valence-electron chi connectivity index (χ1n) is 6.63. The average molecular weight is 293 g/mol. The van der Waals surface area contributed by atoms with Crippen molar-refractivity contribution in [2.24, 2.45) is 5.84 Å². The van der Waals surface area contributed by atoms with Gasteiger partial charge in [-0.3, -0.25) is 11.3 Å².